The molecule has 7 heteroatoms. The van der Waals surface area contributed by atoms with Crippen LogP contribution in [0.3, 0.4) is 0 Å². The van der Waals surface area contributed by atoms with Crippen molar-refractivity contribution in [2.24, 2.45) is 0 Å². The third kappa shape index (κ3) is 5.91. The van der Waals surface area contributed by atoms with E-state index in [2.05, 4.69) is 16.9 Å². The molecule has 0 N–H and O–H groups in total. The van der Waals surface area contributed by atoms with Gasteiger partial charge in [0.25, 0.3) is 0 Å². The summed E-state index contributed by atoms with van der Waals surface area (Å²) in [7, 11) is 0. The highest BCUT2D eigenvalue weighted by Gasteiger charge is 2.24. The van der Waals surface area contributed by atoms with Crippen molar-refractivity contribution in [3.05, 3.63) is 24.3 Å². The first kappa shape index (κ1) is 15.0. The summed E-state index contributed by atoms with van der Waals surface area (Å²) in [5, 5.41) is 0. The Bertz CT molecular complexity index is 365. The largest absolute Gasteiger partial charge is 0.314 e. The molecule has 0 amide bonds. The van der Waals surface area contributed by atoms with E-state index in [1.54, 1.807) is 6.20 Å². The van der Waals surface area contributed by atoms with Crippen molar-refractivity contribution in [1.29, 1.82) is 0 Å². The molecule has 0 fully saturated rings. The Hall–Kier alpha value is -0.0300. The first-order valence-corrected chi connectivity index (χ1v) is 10.3. The summed E-state index contributed by atoms with van der Waals surface area (Å²) in [6.45, 7) is 4.41. The van der Waals surface area contributed by atoms with Crippen molar-refractivity contribution < 1.29 is 9.09 Å². The van der Waals surface area contributed by atoms with E-state index in [1.807, 2.05) is 13.0 Å². The lowest BCUT2D eigenvalue weighted by atomic mass is 10.5. The summed E-state index contributed by atoms with van der Waals surface area (Å²) >= 11 is 2.77. The van der Waals surface area contributed by atoms with Crippen molar-refractivity contribution in [1.82, 2.24) is 9.97 Å². The molecule has 1 heterocycles. The number of rotatable bonds is 8. The van der Waals surface area contributed by atoms with Crippen LogP contribution in [0.25, 0.3) is 0 Å². The molecule has 0 aliphatic carbocycles. The van der Waals surface area contributed by atoms with Crippen LogP contribution in [0.1, 0.15) is 26.0 Å². The first-order valence-electron chi connectivity index (χ1n) is 5.48. The standard InChI is InChI=1S/C10H17N2O2PS2/c1-3-7-16-15(13,14-4-2)17-8-10-5-6-11-9-12-10/h5-6,9H,3-4,7-8H2,1-2H3. The maximum absolute atomic E-state index is 12.4. The summed E-state index contributed by atoms with van der Waals surface area (Å²) in [5.41, 5.74) is 0.877. The van der Waals surface area contributed by atoms with E-state index in [0.717, 1.165) is 17.9 Å². The molecule has 1 atom stereocenters. The van der Waals surface area contributed by atoms with Crippen LogP contribution in [0.15, 0.2) is 18.6 Å². The fraction of sp³-hybridized carbons (Fsp3) is 0.600. The van der Waals surface area contributed by atoms with Crippen LogP contribution in [0, 0.1) is 0 Å². The van der Waals surface area contributed by atoms with Gasteiger partial charge in [-0.2, -0.15) is 0 Å². The molecule has 0 aromatic carbocycles. The van der Waals surface area contributed by atoms with Crippen LogP contribution >= 0.6 is 28.5 Å². The third-order valence-electron chi connectivity index (χ3n) is 1.75. The van der Waals surface area contributed by atoms with Crippen LogP contribution in [-0.2, 0) is 14.8 Å². The average Bonchev–Trinajstić information content (AvgIpc) is 2.36. The van der Waals surface area contributed by atoms with Gasteiger partial charge in [0.1, 0.15) is 6.33 Å². The fourth-order valence-electron chi connectivity index (χ4n) is 1.02. The van der Waals surface area contributed by atoms with Gasteiger partial charge >= 0.3 is 5.77 Å². The molecule has 1 rings (SSSR count). The second kappa shape index (κ2) is 8.14. The van der Waals surface area contributed by atoms with Gasteiger partial charge in [-0.25, -0.2) is 9.97 Å². The Morgan fingerprint density at radius 2 is 2.24 bits per heavy atom. The first-order chi connectivity index (χ1) is 8.20. The molecule has 0 spiro atoms. The van der Waals surface area contributed by atoms with E-state index in [-0.39, 0.29) is 0 Å². The summed E-state index contributed by atoms with van der Waals surface area (Å²) in [6.07, 6.45) is 4.18. The molecule has 1 aromatic heterocycles. The zero-order valence-electron chi connectivity index (χ0n) is 10.0. The zero-order valence-corrected chi connectivity index (χ0v) is 12.6. The SMILES string of the molecule is CCCSP(=O)(OCC)SCc1ccncn1. The Balaban J connectivity index is 2.52. The number of hydrogen-bond donors (Lipinski definition) is 0. The highest BCUT2D eigenvalue weighted by atomic mass is 33.1. The van der Waals surface area contributed by atoms with Gasteiger partial charge in [-0.1, -0.05) is 29.7 Å². The van der Waals surface area contributed by atoms with Gasteiger partial charge in [0.05, 0.1) is 12.3 Å². The molecule has 96 valence electrons. The summed E-state index contributed by atoms with van der Waals surface area (Å²) in [5.74, 6) is -1.18. The Labute approximate surface area is 110 Å². The molecule has 0 bridgehead atoms. The molecule has 0 saturated heterocycles. The highest BCUT2D eigenvalue weighted by molar-refractivity contribution is 8.89. The Morgan fingerprint density at radius 3 is 2.82 bits per heavy atom. The Kier molecular flexibility index (Phi) is 7.19. The molecule has 1 aromatic rings. The third-order valence-corrected chi connectivity index (χ3v) is 9.34. The van der Waals surface area contributed by atoms with Crippen LogP contribution in [-0.4, -0.2) is 22.3 Å². The fourth-order valence-corrected chi connectivity index (χ4v) is 7.64. The minimum Gasteiger partial charge on any atom is -0.314 e. The molecule has 17 heavy (non-hydrogen) atoms. The van der Waals surface area contributed by atoms with E-state index in [9.17, 15) is 4.57 Å². The highest BCUT2D eigenvalue weighted by Crippen LogP contribution is 2.70. The van der Waals surface area contributed by atoms with Crippen LogP contribution in [0.5, 0.6) is 0 Å². The van der Waals surface area contributed by atoms with E-state index in [4.69, 9.17) is 4.52 Å². The topological polar surface area (TPSA) is 52.1 Å². The average molecular weight is 292 g/mol. The number of hydrogen-bond acceptors (Lipinski definition) is 6. The predicted molar refractivity (Wildman–Crippen MR) is 75.3 cm³/mol. The molecule has 4 nitrogen and oxygen atoms in total. The lowest BCUT2D eigenvalue weighted by Gasteiger charge is -2.15. The van der Waals surface area contributed by atoms with Gasteiger partial charge in [-0.15, -0.1) is 0 Å². The summed E-state index contributed by atoms with van der Waals surface area (Å²) < 4.78 is 17.8. The quantitative estimate of drug-likeness (QED) is 0.675. The van der Waals surface area contributed by atoms with Gasteiger partial charge in [0, 0.05) is 17.7 Å². The molecule has 0 aliphatic heterocycles. The van der Waals surface area contributed by atoms with Crippen molar-refractivity contribution >= 4 is 28.5 Å². The predicted octanol–water partition coefficient (Wildman–Crippen LogP) is 4.00. The van der Waals surface area contributed by atoms with Gasteiger partial charge in [-0.3, -0.25) is 4.57 Å². The van der Waals surface area contributed by atoms with Gasteiger partial charge in [-0.05, 0) is 19.4 Å². The van der Waals surface area contributed by atoms with Crippen molar-refractivity contribution in [2.45, 2.75) is 26.0 Å². The maximum atomic E-state index is 12.4. The lowest BCUT2D eigenvalue weighted by molar-refractivity contribution is 0.357. The second-order valence-electron chi connectivity index (χ2n) is 3.17. The molecular formula is C10H17N2O2PS2. The summed E-state index contributed by atoms with van der Waals surface area (Å²) in [4.78, 5) is 7.95. The smallest absolute Gasteiger partial charge is 0.313 e. The second-order valence-corrected chi connectivity index (χ2v) is 10.7. The number of nitrogens with zero attached hydrogens (tertiary/aromatic N) is 2. The van der Waals surface area contributed by atoms with E-state index in [0.29, 0.717) is 12.4 Å². The van der Waals surface area contributed by atoms with E-state index in [1.165, 1.54) is 29.1 Å². The van der Waals surface area contributed by atoms with Gasteiger partial charge < -0.3 is 4.52 Å². The van der Waals surface area contributed by atoms with Crippen molar-refractivity contribution in [2.75, 3.05) is 12.4 Å². The van der Waals surface area contributed by atoms with Crippen LogP contribution < -0.4 is 0 Å². The minimum atomic E-state index is -2.63. The molecule has 0 saturated carbocycles. The van der Waals surface area contributed by atoms with E-state index >= 15 is 0 Å². The van der Waals surface area contributed by atoms with Crippen molar-refractivity contribution in [3.63, 3.8) is 0 Å². The monoisotopic (exact) mass is 292 g/mol. The molecule has 1 unspecified atom stereocenters. The van der Waals surface area contributed by atoms with Gasteiger partial charge in [0.2, 0.25) is 0 Å². The van der Waals surface area contributed by atoms with Crippen molar-refractivity contribution in [3.8, 4) is 0 Å². The number of aromatic nitrogens is 2. The normalized spacial score (nSPS) is 14.5. The molecule has 0 aliphatic rings. The lowest BCUT2D eigenvalue weighted by Crippen LogP contribution is -1.89. The van der Waals surface area contributed by atoms with Gasteiger partial charge in [0.15, 0.2) is 0 Å². The summed E-state index contributed by atoms with van der Waals surface area (Å²) in [6, 6.07) is 1.83. The zero-order chi connectivity index (χ0) is 12.6. The van der Waals surface area contributed by atoms with Crippen LogP contribution in [0.4, 0.5) is 0 Å². The molecule has 0 radical (unpaired) electrons. The van der Waals surface area contributed by atoms with Crippen LogP contribution in [0.2, 0.25) is 0 Å². The molecular weight excluding hydrogens is 275 g/mol. The maximum Gasteiger partial charge on any atom is 0.313 e. The minimum absolute atomic E-state index is 0.477. The Morgan fingerprint density at radius 1 is 1.41 bits per heavy atom. The van der Waals surface area contributed by atoms with E-state index < -0.39 is 5.77 Å².